The maximum atomic E-state index is 12.4. The van der Waals surface area contributed by atoms with Crippen molar-refractivity contribution >= 4 is 11.6 Å². The van der Waals surface area contributed by atoms with E-state index in [0.29, 0.717) is 17.9 Å². The van der Waals surface area contributed by atoms with Gasteiger partial charge in [-0.25, -0.2) is 9.97 Å². The van der Waals surface area contributed by atoms with E-state index in [1.807, 2.05) is 55.6 Å². The second-order valence-corrected chi connectivity index (χ2v) is 6.07. The highest BCUT2D eigenvalue weighted by Crippen LogP contribution is 2.20. The van der Waals surface area contributed by atoms with Gasteiger partial charge in [-0.05, 0) is 37.1 Å². The number of nitrogens with one attached hydrogen (secondary N) is 1. The zero-order chi connectivity index (χ0) is 17.9. The van der Waals surface area contributed by atoms with Crippen LogP contribution in [0.25, 0.3) is 17.0 Å². The normalized spacial score (nSPS) is 11.0. The lowest BCUT2D eigenvalue weighted by atomic mass is 10.1. The standard InChI is InChI=1S/C20H18N4O2/c1-14-9-11-24-13-22-18(19(24)23-14)20(25)21-10-8-15-4-6-16(7-5-15)17-3-2-12-26-17/h2-7,9,11-13H,8,10H2,1H3,(H,21,25). The summed E-state index contributed by atoms with van der Waals surface area (Å²) in [4.78, 5) is 21.0. The van der Waals surface area contributed by atoms with Gasteiger partial charge in [-0.3, -0.25) is 9.20 Å². The van der Waals surface area contributed by atoms with Gasteiger partial charge in [0.15, 0.2) is 11.3 Å². The first-order chi connectivity index (χ1) is 12.7. The molecule has 6 heteroatoms. The predicted molar refractivity (Wildman–Crippen MR) is 97.9 cm³/mol. The Balaban J connectivity index is 1.38. The second kappa shape index (κ2) is 6.84. The SMILES string of the molecule is Cc1ccn2cnc(C(=O)NCCc3ccc(-c4ccco4)cc3)c2n1. The summed E-state index contributed by atoms with van der Waals surface area (Å²) in [6, 6.07) is 13.8. The first-order valence-electron chi connectivity index (χ1n) is 8.42. The molecule has 6 nitrogen and oxygen atoms in total. The van der Waals surface area contributed by atoms with Crippen LogP contribution in [0.4, 0.5) is 0 Å². The molecule has 130 valence electrons. The van der Waals surface area contributed by atoms with Crippen LogP contribution >= 0.6 is 0 Å². The van der Waals surface area contributed by atoms with Gasteiger partial charge < -0.3 is 9.73 Å². The van der Waals surface area contributed by atoms with Crippen molar-refractivity contribution in [2.24, 2.45) is 0 Å². The number of furan rings is 1. The molecular weight excluding hydrogens is 328 g/mol. The minimum Gasteiger partial charge on any atom is -0.464 e. The van der Waals surface area contributed by atoms with Crippen molar-refractivity contribution in [1.29, 1.82) is 0 Å². The largest absolute Gasteiger partial charge is 0.464 e. The Bertz CT molecular complexity index is 1030. The lowest BCUT2D eigenvalue weighted by molar-refractivity contribution is 0.0951. The quantitative estimate of drug-likeness (QED) is 0.602. The van der Waals surface area contributed by atoms with Crippen molar-refractivity contribution < 1.29 is 9.21 Å². The number of amides is 1. The zero-order valence-electron chi connectivity index (χ0n) is 14.3. The topological polar surface area (TPSA) is 72.4 Å². The molecule has 0 bridgehead atoms. The molecule has 3 heterocycles. The molecule has 1 aromatic carbocycles. The van der Waals surface area contributed by atoms with Gasteiger partial charge in [-0.2, -0.15) is 0 Å². The molecule has 0 aliphatic heterocycles. The highest BCUT2D eigenvalue weighted by atomic mass is 16.3. The Kier molecular flexibility index (Phi) is 4.23. The van der Waals surface area contributed by atoms with Gasteiger partial charge in [0.05, 0.1) is 6.26 Å². The van der Waals surface area contributed by atoms with Crippen LogP contribution in [0, 0.1) is 6.92 Å². The first kappa shape index (κ1) is 16.1. The molecule has 0 radical (unpaired) electrons. The van der Waals surface area contributed by atoms with E-state index < -0.39 is 0 Å². The molecule has 1 N–H and O–H groups in total. The molecule has 0 saturated carbocycles. The van der Waals surface area contributed by atoms with Crippen LogP contribution < -0.4 is 5.32 Å². The van der Waals surface area contributed by atoms with Gasteiger partial charge in [-0.1, -0.05) is 24.3 Å². The van der Waals surface area contributed by atoms with Crippen molar-refractivity contribution in [3.05, 3.63) is 78.2 Å². The number of rotatable bonds is 5. The number of hydrogen-bond acceptors (Lipinski definition) is 4. The number of aromatic nitrogens is 3. The number of aryl methyl sites for hydroxylation is 1. The summed E-state index contributed by atoms with van der Waals surface area (Å²) >= 11 is 0. The third kappa shape index (κ3) is 3.21. The molecule has 4 aromatic rings. The summed E-state index contributed by atoms with van der Waals surface area (Å²) in [5.41, 5.74) is 3.95. The maximum absolute atomic E-state index is 12.4. The molecule has 4 rings (SSSR count). The van der Waals surface area contributed by atoms with Gasteiger partial charge in [0, 0.05) is 24.0 Å². The minimum atomic E-state index is -0.210. The van der Waals surface area contributed by atoms with Crippen molar-refractivity contribution in [2.45, 2.75) is 13.3 Å². The summed E-state index contributed by atoms with van der Waals surface area (Å²) in [5, 5.41) is 2.91. The summed E-state index contributed by atoms with van der Waals surface area (Å²) < 4.78 is 7.13. The van der Waals surface area contributed by atoms with Crippen molar-refractivity contribution in [3.8, 4) is 11.3 Å². The van der Waals surface area contributed by atoms with Crippen LogP contribution in [0.2, 0.25) is 0 Å². The summed E-state index contributed by atoms with van der Waals surface area (Å²) in [5.74, 6) is 0.636. The number of fused-ring (bicyclic) bond motifs is 1. The van der Waals surface area contributed by atoms with E-state index >= 15 is 0 Å². The number of nitrogens with zero attached hydrogens (tertiary/aromatic N) is 3. The summed E-state index contributed by atoms with van der Waals surface area (Å²) in [6.45, 7) is 2.42. The van der Waals surface area contributed by atoms with Gasteiger partial charge in [0.1, 0.15) is 12.1 Å². The van der Waals surface area contributed by atoms with Crippen molar-refractivity contribution in [2.75, 3.05) is 6.54 Å². The highest BCUT2D eigenvalue weighted by molar-refractivity contribution is 5.97. The smallest absolute Gasteiger partial charge is 0.273 e. The molecule has 1 amide bonds. The molecule has 0 unspecified atom stereocenters. The summed E-state index contributed by atoms with van der Waals surface area (Å²) in [7, 11) is 0. The lowest BCUT2D eigenvalue weighted by Gasteiger charge is -2.05. The predicted octanol–water partition coefficient (Wildman–Crippen LogP) is 3.27. The minimum absolute atomic E-state index is 0.210. The van der Waals surface area contributed by atoms with Gasteiger partial charge in [-0.15, -0.1) is 0 Å². The average Bonchev–Trinajstić information content (AvgIpc) is 3.32. The van der Waals surface area contributed by atoms with E-state index in [1.54, 1.807) is 17.0 Å². The fourth-order valence-corrected chi connectivity index (χ4v) is 2.81. The number of carbonyl (C=O) groups is 1. The molecule has 26 heavy (non-hydrogen) atoms. The highest BCUT2D eigenvalue weighted by Gasteiger charge is 2.14. The zero-order valence-corrected chi connectivity index (χ0v) is 14.3. The lowest BCUT2D eigenvalue weighted by Crippen LogP contribution is -2.26. The second-order valence-electron chi connectivity index (χ2n) is 6.07. The van der Waals surface area contributed by atoms with Crippen LogP contribution in [0.5, 0.6) is 0 Å². The number of imidazole rings is 1. The maximum Gasteiger partial charge on any atom is 0.273 e. The molecule has 3 aromatic heterocycles. The molecule has 0 fully saturated rings. The summed E-state index contributed by atoms with van der Waals surface area (Å²) in [6.07, 6.45) is 5.85. The van der Waals surface area contributed by atoms with Gasteiger partial charge >= 0.3 is 0 Å². The molecule has 0 aliphatic carbocycles. The Hall–Kier alpha value is -3.41. The average molecular weight is 346 g/mol. The molecular formula is C20H18N4O2. The Morgan fingerprint density at radius 3 is 2.81 bits per heavy atom. The van der Waals surface area contributed by atoms with Crippen LogP contribution in [0.3, 0.4) is 0 Å². The number of carbonyl (C=O) groups excluding carboxylic acids is 1. The van der Waals surface area contributed by atoms with E-state index in [9.17, 15) is 4.79 Å². The Morgan fingerprint density at radius 2 is 2.04 bits per heavy atom. The molecule has 0 saturated heterocycles. The number of hydrogen-bond donors (Lipinski definition) is 1. The van der Waals surface area contributed by atoms with Crippen molar-refractivity contribution in [1.82, 2.24) is 19.7 Å². The molecule has 0 spiro atoms. The third-order valence-corrected chi connectivity index (χ3v) is 4.20. The van der Waals surface area contributed by atoms with Crippen LogP contribution in [-0.4, -0.2) is 26.8 Å². The number of benzene rings is 1. The van der Waals surface area contributed by atoms with E-state index in [2.05, 4.69) is 15.3 Å². The van der Waals surface area contributed by atoms with Gasteiger partial charge in [0.25, 0.3) is 5.91 Å². The van der Waals surface area contributed by atoms with Crippen LogP contribution in [0.15, 0.2) is 65.7 Å². The monoisotopic (exact) mass is 346 g/mol. The van der Waals surface area contributed by atoms with E-state index in [0.717, 1.165) is 29.0 Å². The first-order valence-corrected chi connectivity index (χ1v) is 8.42. The van der Waals surface area contributed by atoms with E-state index in [-0.39, 0.29) is 5.91 Å². The van der Waals surface area contributed by atoms with E-state index in [4.69, 9.17) is 4.42 Å². The Morgan fingerprint density at radius 1 is 1.19 bits per heavy atom. The van der Waals surface area contributed by atoms with E-state index in [1.165, 1.54) is 0 Å². The molecule has 0 atom stereocenters. The Labute approximate surface area is 150 Å². The molecule has 0 aliphatic rings. The van der Waals surface area contributed by atoms with Crippen LogP contribution in [0.1, 0.15) is 21.7 Å². The fraction of sp³-hybridized carbons (Fsp3) is 0.150. The third-order valence-electron chi connectivity index (χ3n) is 4.20. The van der Waals surface area contributed by atoms with Gasteiger partial charge in [0.2, 0.25) is 0 Å². The fourth-order valence-electron chi connectivity index (χ4n) is 2.81. The van der Waals surface area contributed by atoms with Crippen molar-refractivity contribution in [3.63, 3.8) is 0 Å². The van der Waals surface area contributed by atoms with Crippen LogP contribution in [-0.2, 0) is 6.42 Å².